The predicted molar refractivity (Wildman–Crippen MR) is 148 cm³/mol. The van der Waals surface area contributed by atoms with Gasteiger partial charge in [-0.25, -0.2) is 0 Å². The Morgan fingerprint density at radius 3 is 2.35 bits per heavy atom. The van der Waals surface area contributed by atoms with Gasteiger partial charge in [-0.1, -0.05) is 90.1 Å². The smallest absolute Gasteiger partial charge is 0.261 e. The summed E-state index contributed by atoms with van der Waals surface area (Å²) in [4.78, 5) is 28.9. The molecule has 0 bridgehead atoms. The van der Waals surface area contributed by atoms with Crippen LogP contribution in [0.4, 0.5) is 0 Å². The van der Waals surface area contributed by atoms with E-state index in [1.165, 1.54) is 0 Å². The Morgan fingerprint density at radius 1 is 0.892 bits per heavy atom. The number of hydrogen-bond acceptors (Lipinski definition) is 3. The summed E-state index contributed by atoms with van der Waals surface area (Å²) < 4.78 is 5.77. The molecular formula is C29H29Cl3N2O3. The molecule has 1 saturated carbocycles. The summed E-state index contributed by atoms with van der Waals surface area (Å²) in [6.07, 6.45) is 4.44. The van der Waals surface area contributed by atoms with Crippen molar-refractivity contribution in [1.82, 2.24) is 10.2 Å². The number of halogens is 3. The zero-order valence-corrected chi connectivity index (χ0v) is 22.6. The molecule has 37 heavy (non-hydrogen) atoms. The summed E-state index contributed by atoms with van der Waals surface area (Å²) >= 11 is 18.5. The van der Waals surface area contributed by atoms with Crippen LogP contribution >= 0.6 is 34.8 Å². The van der Waals surface area contributed by atoms with Crippen molar-refractivity contribution in [3.63, 3.8) is 0 Å². The molecule has 1 aliphatic rings. The summed E-state index contributed by atoms with van der Waals surface area (Å²) in [5.41, 5.74) is 1.72. The van der Waals surface area contributed by atoms with E-state index in [2.05, 4.69) is 5.32 Å². The average molecular weight is 560 g/mol. The number of amides is 2. The number of nitrogens with zero attached hydrogens (tertiary/aromatic N) is 1. The largest absolute Gasteiger partial charge is 0.484 e. The maximum absolute atomic E-state index is 13.7. The lowest BCUT2D eigenvalue weighted by Crippen LogP contribution is -2.53. The fourth-order valence-electron chi connectivity index (χ4n) is 4.54. The normalized spacial score (nSPS) is 14.2. The molecule has 1 atom stereocenters. The first-order chi connectivity index (χ1) is 17.9. The van der Waals surface area contributed by atoms with Crippen LogP contribution < -0.4 is 10.1 Å². The van der Waals surface area contributed by atoms with E-state index in [0.717, 1.165) is 36.8 Å². The van der Waals surface area contributed by atoms with E-state index in [1.807, 2.05) is 30.3 Å². The lowest BCUT2D eigenvalue weighted by molar-refractivity contribution is -0.143. The Hall–Kier alpha value is -2.73. The van der Waals surface area contributed by atoms with Crippen molar-refractivity contribution in [1.29, 1.82) is 0 Å². The van der Waals surface area contributed by atoms with Gasteiger partial charge in [0.25, 0.3) is 5.91 Å². The topological polar surface area (TPSA) is 58.6 Å². The minimum Gasteiger partial charge on any atom is -0.484 e. The molecule has 0 saturated heterocycles. The van der Waals surface area contributed by atoms with Crippen LogP contribution in [-0.2, 0) is 22.6 Å². The minimum absolute atomic E-state index is 0.121. The summed E-state index contributed by atoms with van der Waals surface area (Å²) in [5.74, 6) is -0.0224. The second kappa shape index (κ2) is 13.2. The Balaban J connectivity index is 1.62. The molecule has 1 fully saturated rings. The maximum Gasteiger partial charge on any atom is 0.261 e. The number of hydrogen-bond donors (Lipinski definition) is 1. The third kappa shape index (κ3) is 7.88. The molecule has 0 spiro atoms. The van der Waals surface area contributed by atoms with Crippen molar-refractivity contribution in [3.05, 3.63) is 99.0 Å². The van der Waals surface area contributed by atoms with Crippen molar-refractivity contribution in [3.8, 4) is 5.75 Å². The quantitative estimate of drug-likeness (QED) is 0.300. The second-order valence-corrected chi connectivity index (χ2v) is 10.5. The van der Waals surface area contributed by atoms with Gasteiger partial charge in [-0.3, -0.25) is 9.59 Å². The van der Waals surface area contributed by atoms with Crippen LogP contribution in [0.25, 0.3) is 0 Å². The highest BCUT2D eigenvalue weighted by atomic mass is 35.5. The van der Waals surface area contributed by atoms with Crippen LogP contribution in [0.15, 0.2) is 72.8 Å². The summed E-state index contributed by atoms with van der Waals surface area (Å²) in [6, 6.07) is 21.1. The van der Waals surface area contributed by atoms with Gasteiger partial charge in [-0.05, 0) is 54.3 Å². The van der Waals surface area contributed by atoms with E-state index in [1.54, 1.807) is 47.4 Å². The van der Waals surface area contributed by atoms with E-state index >= 15 is 0 Å². The summed E-state index contributed by atoms with van der Waals surface area (Å²) in [5, 5.41) is 4.50. The first-order valence-electron chi connectivity index (χ1n) is 12.3. The average Bonchev–Trinajstić information content (AvgIpc) is 3.40. The van der Waals surface area contributed by atoms with Gasteiger partial charge in [0, 0.05) is 24.0 Å². The highest BCUT2D eigenvalue weighted by Crippen LogP contribution is 2.25. The second-order valence-electron chi connectivity index (χ2n) is 9.21. The number of carbonyl (C=O) groups is 2. The molecule has 1 N–H and O–H groups in total. The Bertz CT molecular complexity index is 1220. The van der Waals surface area contributed by atoms with Gasteiger partial charge in [0.1, 0.15) is 11.8 Å². The Morgan fingerprint density at radius 2 is 1.65 bits per heavy atom. The molecule has 2 amide bonds. The summed E-state index contributed by atoms with van der Waals surface area (Å²) in [6.45, 7) is -0.0755. The zero-order chi connectivity index (χ0) is 26.2. The van der Waals surface area contributed by atoms with Gasteiger partial charge < -0.3 is 15.0 Å². The number of benzene rings is 3. The Kier molecular flexibility index (Phi) is 9.73. The number of ether oxygens (including phenoxy) is 1. The number of carbonyl (C=O) groups excluding carboxylic acids is 2. The molecule has 0 aliphatic heterocycles. The van der Waals surface area contributed by atoms with Crippen LogP contribution in [0.2, 0.25) is 15.1 Å². The van der Waals surface area contributed by atoms with Gasteiger partial charge in [-0.15, -0.1) is 0 Å². The first kappa shape index (κ1) is 27.3. The molecule has 0 unspecified atom stereocenters. The highest BCUT2D eigenvalue weighted by molar-refractivity contribution is 6.42. The minimum atomic E-state index is -0.743. The highest BCUT2D eigenvalue weighted by Gasteiger charge is 2.32. The predicted octanol–water partition coefficient (Wildman–Crippen LogP) is 6.72. The third-order valence-corrected chi connectivity index (χ3v) is 7.44. The SMILES string of the molecule is O=C(NC1CCCC1)[C@H](Cc1ccccc1)N(Cc1ccc(Cl)c(Cl)c1)C(=O)COc1cccc(Cl)c1. The molecule has 0 heterocycles. The van der Waals surface area contributed by atoms with Crippen molar-refractivity contribution in [2.24, 2.45) is 0 Å². The van der Waals surface area contributed by atoms with Crippen LogP contribution in [0.5, 0.6) is 5.75 Å². The van der Waals surface area contributed by atoms with Crippen molar-refractivity contribution >= 4 is 46.6 Å². The lowest BCUT2D eigenvalue weighted by Gasteiger charge is -2.32. The van der Waals surface area contributed by atoms with E-state index < -0.39 is 6.04 Å². The van der Waals surface area contributed by atoms with Crippen LogP contribution in [0, 0.1) is 0 Å². The Labute approximate surface area is 232 Å². The molecule has 3 aromatic carbocycles. The fraction of sp³-hybridized carbons (Fsp3) is 0.310. The maximum atomic E-state index is 13.7. The van der Waals surface area contributed by atoms with Crippen molar-refractivity contribution in [2.75, 3.05) is 6.61 Å². The van der Waals surface area contributed by atoms with Gasteiger partial charge >= 0.3 is 0 Å². The van der Waals surface area contributed by atoms with Gasteiger partial charge in [0.2, 0.25) is 5.91 Å². The van der Waals surface area contributed by atoms with E-state index in [-0.39, 0.29) is 31.0 Å². The molecule has 8 heteroatoms. The molecular weight excluding hydrogens is 531 g/mol. The number of nitrogens with one attached hydrogen (secondary N) is 1. The van der Waals surface area contributed by atoms with Crippen LogP contribution in [0.3, 0.4) is 0 Å². The van der Waals surface area contributed by atoms with Gasteiger partial charge in [0.05, 0.1) is 10.0 Å². The lowest BCUT2D eigenvalue weighted by atomic mass is 10.0. The molecule has 194 valence electrons. The zero-order valence-electron chi connectivity index (χ0n) is 20.3. The fourth-order valence-corrected chi connectivity index (χ4v) is 5.04. The van der Waals surface area contributed by atoms with Gasteiger partial charge in [-0.2, -0.15) is 0 Å². The molecule has 4 rings (SSSR count). The monoisotopic (exact) mass is 558 g/mol. The van der Waals surface area contributed by atoms with E-state index in [0.29, 0.717) is 27.2 Å². The molecule has 3 aromatic rings. The van der Waals surface area contributed by atoms with Crippen molar-refractivity contribution < 1.29 is 14.3 Å². The van der Waals surface area contributed by atoms with Gasteiger partial charge in [0.15, 0.2) is 6.61 Å². The van der Waals surface area contributed by atoms with Crippen molar-refractivity contribution in [2.45, 2.75) is 50.7 Å². The first-order valence-corrected chi connectivity index (χ1v) is 13.5. The standard InChI is InChI=1S/C29H29Cl3N2O3/c30-22-9-6-12-24(17-22)37-19-28(35)34(18-21-13-14-25(31)26(32)15-21)27(16-20-7-2-1-3-8-20)29(36)33-23-10-4-5-11-23/h1-3,6-9,12-15,17,23,27H,4-5,10-11,16,18-19H2,(H,33,36)/t27-/m0/s1. The number of rotatable bonds is 10. The molecule has 1 aliphatic carbocycles. The molecule has 5 nitrogen and oxygen atoms in total. The van der Waals surface area contributed by atoms with Crippen LogP contribution in [-0.4, -0.2) is 35.4 Å². The third-order valence-electron chi connectivity index (χ3n) is 6.47. The molecule has 0 radical (unpaired) electrons. The summed E-state index contributed by atoms with van der Waals surface area (Å²) in [7, 11) is 0. The van der Waals surface area contributed by atoms with E-state index in [4.69, 9.17) is 39.5 Å². The molecule has 0 aromatic heterocycles. The van der Waals surface area contributed by atoms with E-state index in [9.17, 15) is 9.59 Å². The van der Waals surface area contributed by atoms with Crippen LogP contribution in [0.1, 0.15) is 36.8 Å².